The normalized spacial score (nSPS) is 9.54. The van der Waals surface area contributed by atoms with Crippen molar-refractivity contribution in [3.05, 3.63) is 12.7 Å². The van der Waals surface area contributed by atoms with Crippen LogP contribution in [0, 0.1) is 0 Å². The molecule has 0 aromatic rings. The highest BCUT2D eigenvalue weighted by atomic mass is 35.6. The first kappa shape index (κ1) is 16.3. The SMILES string of the molecule is C=CCCCCCCC(Cl)Cl.[SiH3]Cl. The van der Waals surface area contributed by atoms with Gasteiger partial charge in [-0.1, -0.05) is 25.3 Å². The molecule has 0 saturated heterocycles. The van der Waals surface area contributed by atoms with Crippen molar-refractivity contribution in [2.45, 2.75) is 43.4 Å². The molecular weight excluding hydrogens is 243 g/mol. The minimum absolute atomic E-state index is 0.172. The summed E-state index contributed by atoms with van der Waals surface area (Å²) in [5.41, 5.74) is 0. The Morgan fingerprint density at radius 2 is 1.62 bits per heavy atom. The number of halogens is 3. The Hall–Kier alpha value is 0.827. The Balaban J connectivity index is 0. The average Bonchev–Trinajstić information content (AvgIpc) is 2.14. The maximum atomic E-state index is 5.57. The summed E-state index contributed by atoms with van der Waals surface area (Å²) >= 11 is 15.9. The zero-order valence-corrected chi connectivity index (χ0v) is 12.5. The standard InChI is InChI=1S/C9H16Cl2.ClH3Si/c1-2-3-4-5-6-7-8-9(10)11;1-2/h2,9H,1,3-8H2;2H3. The van der Waals surface area contributed by atoms with Crippen LogP contribution < -0.4 is 0 Å². The first-order chi connectivity index (χ1) is 6.27. The fourth-order valence-electron chi connectivity index (χ4n) is 0.941. The zero-order valence-electron chi connectivity index (χ0n) is 8.24. The number of unbranched alkanes of at least 4 members (excludes halogenated alkanes) is 4. The lowest BCUT2D eigenvalue weighted by atomic mass is 10.1. The molecule has 0 amide bonds. The van der Waals surface area contributed by atoms with Crippen molar-refractivity contribution >= 4 is 43.8 Å². The van der Waals surface area contributed by atoms with Gasteiger partial charge in [-0.25, -0.2) is 0 Å². The minimum atomic E-state index is -0.172. The summed E-state index contributed by atoms with van der Waals surface area (Å²) in [7, 11) is 0.778. The van der Waals surface area contributed by atoms with Crippen LogP contribution in [0.15, 0.2) is 12.7 Å². The van der Waals surface area contributed by atoms with Gasteiger partial charge in [0.15, 0.2) is 0 Å². The zero-order chi connectivity index (χ0) is 10.5. The maximum Gasteiger partial charge on any atom is 0.109 e. The third-order valence-electron chi connectivity index (χ3n) is 1.58. The van der Waals surface area contributed by atoms with Gasteiger partial charge in [-0.05, 0) is 19.3 Å². The quantitative estimate of drug-likeness (QED) is 0.215. The molecule has 4 heteroatoms. The molecule has 0 nitrogen and oxygen atoms in total. The van der Waals surface area contributed by atoms with Crippen molar-refractivity contribution in [3.63, 3.8) is 0 Å². The maximum absolute atomic E-state index is 5.57. The van der Waals surface area contributed by atoms with E-state index in [1.54, 1.807) is 0 Å². The van der Waals surface area contributed by atoms with Crippen molar-refractivity contribution in [3.8, 4) is 0 Å². The Morgan fingerprint density at radius 3 is 2.08 bits per heavy atom. The van der Waals surface area contributed by atoms with E-state index in [2.05, 4.69) is 6.58 Å². The van der Waals surface area contributed by atoms with E-state index in [1.807, 2.05) is 6.08 Å². The first-order valence-corrected chi connectivity index (χ1v) is 8.44. The topological polar surface area (TPSA) is 0 Å². The summed E-state index contributed by atoms with van der Waals surface area (Å²) < 4.78 is 0. The van der Waals surface area contributed by atoms with Crippen molar-refractivity contribution in [2.75, 3.05) is 0 Å². The van der Waals surface area contributed by atoms with E-state index in [-0.39, 0.29) is 4.84 Å². The van der Waals surface area contributed by atoms with Gasteiger partial charge in [-0.3, -0.25) is 0 Å². The van der Waals surface area contributed by atoms with E-state index < -0.39 is 0 Å². The van der Waals surface area contributed by atoms with Gasteiger partial charge in [0.1, 0.15) is 14.4 Å². The highest BCUT2D eigenvalue weighted by Gasteiger charge is 1.96. The first-order valence-electron chi connectivity index (χ1n) is 4.54. The van der Waals surface area contributed by atoms with Crippen LogP contribution in [0.25, 0.3) is 0 Å². The molecule has 0 aliphatic rings. The van der Waals surface area contributed by atoms with Crippen molar-refractivity contribution in [1.29, 1.82) is 0 Å². The number of rotatable bonds is 7. The van der Waals surface area contributed by atoms with E-state index in [1.165, 1.54) is 19.3 Å². The summed E-state index contributed by atoms with van der Waals surface area (Å²) in [6, 6.07) is 0. The van der Waals surface area contributed by atoms with E-state index >= 15 is 0 Å². The molecule has 0 rings (SSSR count). The van der Waals surface area contributed by atoms with Gasteiger partial charge in [0, 0.05) is 0 Å². The second-order valence-corrected chi connectivity index (χ2v) is 3.95. The van der Waals surface area contributed by atoms with Crippen LogP contribution >= 0.6 is 34.3 Å². The molecule has 0 aromatic carbocycles. The lowest BCUT2D eigenvalue weighted by molar-refractivity contribution is 0.632. The Morgan fingerprint density at radius 1 is 1.08 bits per heavy atom. The van der Waals surface area contributed by atoms with Crippen LogP contribution in [0.1, 0.15) is 38.5 Å². The van der Waals surface area contributed by atoms with Gasteiger partial charge in [0.2, 0.25) is 0 Å². The van der Waals surface area contributed by atoms with Crippen LogP contribution in [0.3, 0.4) is 0 Å². The molecule has 0 aliphatic carbocycles. The molecule has 0 saturated carbocycles. The summed E-state index contributed by atoms with van der Waals surface area (Å²) in [5.74, 6) is 0. The molecular formula is C9H19Cl3Si. The molecule has 0 spiro atoms. The van der Waals surface area contributed by atoms with Crippen LogP contribution in [-0.2, 0) is 0 Å². The molecule has 0 unspecified atom stereocenters. The fourth-order valence-corrected chi connectivity index (χ4v) is 1.25. The van der Waals surface area contributed by atoms with Crippen LogP contribution in [0.5, 0.6) is 0 Å². The monoisotopic (exact) mass is 260 g/mol. The molecule has 0 heterocycles. The number of hydrogen-bond donors (Lipinski definition) is 0. The van der Waals surface area contributed by atoms with E-state index in [4.69, 9.17) is 34.3 Å². The predicted octanol–water partition coefficient (Wildman–Crippen LogP) is 3.82. The van der Waals surface area contributed by atoms with Gasteiger partial charge >= 0.3 is 0 Å². The molecule has 80 valence electrons. The molecule has 0 radical (unpaired) electrons. The van der Waals surface area contributed by atoms with Crippen molar-refractivity contribution in [2.24, 2.45) is 0 Å². The fraction of sp³-hybridized carbons (Fsp3) is 0.778. The smallest absolute Gasteiger partial charge is 0.109 e. The molecule has 13 heavy (non-hydrogen) atoms. The lowest BCUT2D eigenvalue weighted by Gasteiger charge is -1.99. The predicted molar refractivity (Wildman–Crippen MR) is 69.2 cm³/mol. The van der Waals surface area contributed by atoms with Gasteiger partial charge in [0.05, 0.1) is 0 Å². The third-order valence-corrected chi connectivity index (χ3v) is 2.02. The van der Waals surface area contributed by atoms with E-state index in [9.17, 15) is 0 Å². The molecule has 0 atom stereocenters. The molecule has 0 bridgehead atoms. The molecule has 0 fully saturated rings. The van der Waals surface area contributed by atoms with Crippen molar-refractivity contribution in [1.82, 2.24) is 0 Å². The van der Waals surface area contributed by atoms with E-state index in [0.717, 1.165) is 28.8 Å². The highest BCUT2D eigenvalue weighted by molar-refractivity contribution is 6.80. The van der Waals surface area contributed by atoms with Crippen LogP contribution in [0.4, 0.5) is 0 Å². The highest BCUT2D eigenvalue weighted by Crippen LogP contribution is 2.13. The van der Waals surface area contributed by atoms with Crippen LogP contribution in [0.2, 0.25) is 0 Å². The van der Waals surface area contributed by atoms with Crippen LogP contribution in [-0.4, -0.2) is 14.4 Å². The molecule has 0 N–H and O–H groups in total. The minimum Gasteiger partial charge on any atom is -0.181 e. The molecule has 0 aromatic heterocycles. The summed E-state index contributed by atoms with van der Waals surface area (Å²) in [6.45, 7) is 3.66. The summed E-state index contributed by atoms with van der Waals surface area (Å²) in [4.78, 5) is -0.172. The summed E-state index contributed by atoms with van der Waals surface area (Å²) in [5, 5.41) is 0. The Bertz CT molecular complexity index is 96.9. The summed E-state index contributed by atoms with van der Waals surface area (Å²) in [6.07, 6.45) is 8.93. The second-order valence-electron chi connectivity index (χ2n) is 2.67. The average molecular weight is 262 g/mol. The number of alkyl halides is 2. The Kier molecular flexibility index (Phi) is 19.1. The van der Waals surface area contributed by atoms with Gasteiger partial charge < -0.3 is 0 Å². The second kappa shape index (κ2) is 15.3. The third kappa shape index (κ3) is 19.3. The number of allylic oxidation sites excluding steroid dienone is 1. The molecule has 0 aliphatic heterocycles. The van der Waals surface area contributed by atoms with Crippen molar-refractivity contribution < 1.29 is 0 Å². The van der Waals surface area contributed by atoms with Gasteiger partial charge in [-0.15, -0.1) is 29.8 Å². The van der Waals surface area contributed by atoms with E-state index in [0.29, 0.717) is 0 Å². The van der Waals surface area contributed by atoms with Gasteiger partial charge in [-0.2, -0.15) is 11.1 Å². The van der Waals surface area contributed by atoms with Gasteiger partial charge in [0.25, 0.3) is 0 Å². The lowest BCUT2D eigenvalue weighted by Crippen LogP contribution is -1.86. The Labute approximate surface area is 99.8 Å². The largest absolute Gasteiger partial charge is 0.181 e. The number of hydrogen-bond acceptors (Lipinski definition) is 0.